The van der Waals surface area contributed by atoms with Crippen molar-refractivity contribution in [2.45, 2.75) is 136 Å². The number of aryl methyl sites for hydroxylation is 2. The number of ether oxygens (including phenoxy) is 8. The first kappa shape index (κ1) is 105. The van der Waals surface area contributed by atoms with Gasteiger partial charge in [0, 0.05) is 0 Å². The van der Waals surface area contributed by atoms with Crippen LogP contribution in [0, 0.1) is 13.8 Å². The number of rotatable bonds is 40. The number of benzene rings is 16. The van der Waals surface area contributed by atoms with Crippen molar-refractivity contribution < 1.29 is 114 Å². The van der Waals surface area contributed by atoms with Crippen molar-refractivity contribution in [1.29, 1.82) is 0 Å². The van der Waals surface area contributed by atoms with Gasteiger partial charge in [-0.15, -0.1) is 0 Å². The minimum atomic E-state index is -5.43. The van der Waals surface area contributed by atoms with E-state index < -0.39 is 156 Å². The average Bonchev–Trinajstić information content (AvgIpc) is 0.745. The molecule has 0 amide bonds. The second-order valence-corrected chi connectivity index (χ2v) is 53.0. The lowest BCUT2D eigenvalue weighted by molar-refractivity contribution is 0.402. The van der Waals surface area contributed by atoms with Crippen molar-refractivity contribution in [3.8, 4) is 80.5 Å². The van der Waals surface area contributed by atoms with Crippen LogP contribution in [0.15, 0.2) is 420 Å². The van der Waals surface area contributed by atoms with Crippen molar-refractivity contribution in [1.82, 2.24) is 0 Å². The molecule has 0 unspecified atom stereocenters. The van der Waals surface area contributed by atoms with Crippen LogP contribution >= 0.6 is 0 Å². The molecule has 0 aliphatic heterocycles. The maximum atomic E-state index is 16.4. The van der Waals surface area contributed by atoms with E-state index in [-0.39, 0.29) is 93.3 Å². The second kappa shape index (κ2) is 43.3. The Labute approximate surface area is 856 Å². The van der Waals surface area contributed by atoms with E-state index >= 15 is 25.3 Å². The highest BCUT2D eigenvalue weighted by Gasteiger charge is 2.36. The second-order valence-electron chi connectivity index (χ2n) is 34.3. The van der Waals surface area contributed by atoms with Crippen LogP contribution in [0.3, 0.4) is 0 Å². The molecule has 0 heterocycles. The summed E-state index contributed by atoms with van der Waals surface area (Å²) in [7, 11) is -38.0. The third-order valence-electron chi connectivity index (χ3n) is 24.3. The van der Waals surface area contributed by atoms with Crippen molar-refractivity contribution in [3.05, 3.63) is 407 Å². The number of methoxy groups -OCH3 is 2. The minimum Gasteiger partial charge on any atom is -0.497 e. The quantitative estimate of drug-likeness (QED) is 0.0344. The Hall–Kier alpha value is -14.5. The van der Waals surface area contributed by atoms with Gasteiger partial charge in [-0.25, -0.2) is 75.8 Å². The molecular formula is C112H98O26S9. The average molecular weight is 2150 g/mol. The van der Waals surface area contributed by atoms with Crippen molar-refractivity contribution in [2.24, 2.45) is 0 Å². The molecule has 0 spiro atoms. The Morgan fingerprint density at radius 3 is 0.558 bits per heavy atom. The summed E-state index contributed by atoms with van der Waals surface area (Å²) in [6.45, 7) is 9.52. The maximum absolute atomic E-state index is 16.4. The molecule has 0 N–H and O–H groups in total. The Morgan fingerprint density at radius 1 is 0.170 bits per heavy atom. The van der Waals surface area contributed by atoms with E-state index in [1.54, 1.807) is 109 Å². The van der Waals surface area contributed by atoms with Gasteiger partial charge in [-0.05, 0) is 315 Å². The summed E-state index contributed by atoms with van der Waals surface area (Å²) in [6, 6.07) is 87.2. The lowest BCUT2D eigenvalue weighted by atomic mass is 10.0. The predicted molar refractivity (Wildman–Crippen MR) is 555 cm³/mol. The fourth-order valence-corrected chi connectivity index (χ4v) is 27.2. The molecule has 0 saturated carbocycles. The predicted octanol–water partition coefficient (Wildman–Crippen LogP) is 22.8. The topological polar surface area (TPSA) is 381 Å². The van der Waals surface area contributed by atoms with Crippen LogP contribution < -0.4 is 37.9 Å². The summed E-state index contributed by atoms with van der Waals surface area (Å²) in [5.74, 6) is -1.49. The lowest BCUT2D eigenvalue weighted by Gasteiger charge is -2.18. The Balaban J connectivity index is 0.670. The fraction of sp³-hybridized carbons (Fsp3) is 0.143. The molecule has 0 atom stereocenters. The van der Waals surface area contributed by atoms with Crippen molar-refractivity contribution >= 4 is 88.5 Å². The van der Waals surface area contributed by atoms with Gasteiger partial charge in [0.1, 0.15) is 110 Å². The van der Waals surface area contributed by atoms with E-state index in [1.165, 1.54) is 132 Å². The van der Waals surface area contributed by atoms with Gasteiger partial charge in [-0.2, -0.15) is 0 Å². The van der Waals surface area contributed by atoms with Gasteiger partial charge in [-0.1, -0.05) is 160 Å². The SMILES string of the molecule is CCS(=O)(=O)c1cc(S(=O)(=O)c2ccc(Oc3ccc(Cc4ccc(Oc5ccc(S(=O)(=O)c6ccc(Oc7ccc(Cc8ccc(C)cc8)cc7)cc6)cc5S(=O)(=O)CC)cc4)cc3)c(S(=O)(=O)c3cc(S(=O)(=O)c4ccc(Oc5ccc(Cc6ccc(Oc7ccc(S(=O)(=O)c8ccc(OC)cc8)cc7S(=O)(=O)CC)cc6)cc5)c(S(=O)(=O)CC)c4)ccc3Oc3ccc(Cc4ccc(C)cc4)cc3)c2)ccc1OC. The smallest absolute Gasteiger partial charge is 0.214 e. The van der Waals surface area contributed by atoms with Gasteiger partial charge in [0.05, 0.1) is 76.4 Å². The zero-order chi connectivity index (χ0) is 105. The van der Waals surface area contributed by atoms with E-state index in [2.05, 4.69) is 24.3 Å². The molecule has 756 valence electrons. The Bertz CT molecular complexity index is 8790. The van der Waals surface area contributed by atoms with Crippen LogP contribution in [0.25, 0.3) is 0 Å². The van der Waals surface area contributed by atoms with Gasteiger partial charge >= 0.3 is 0 Å². The summed E-state index contributed by atoms with van der Waals surface area (Å²) in [5.41, 5.74) is 9.17. The number of hydrogen-bond donors (Lipinski definition) is 0. The molecule has 26 nitrogen and oxygen atoms in total. The first-order chi connectivity index (χ1) is 70.0. The standard InChI is InChI=1S/C112H98O26S9/c1-9-139(113,114)107-69-97(53-59-101(107)132-8)145(125,126)99-57-63-105(138-92-43-31-84(32-44-92)68-83-25-37-89(38-26-83)135-103-61-55-96(71-109(103)141(117,118)11-3)144(123,124)94-51-47-87(48-52-94)133-86-33-21-79(22-34-86)65-77-17-13-75(5)14-18-77)111(73-99)147(129,130)112-74-100(58-64-106(112)137-91-41-29-80(30-42-91)66-78-19-15-76(6)16-20-78)146(127,128)98-56-62-104(110(72-98)142(119,120)12-4)136-90-39-27-82(28-40-90)67-81-23-35-88(36-24-81)134-102-60-54-95(70-108(102)140(115,116)10-2)143(121,122)93-49-45-85(131-7)46-50-93/h13-64,69-74H,9-12,65-68H2,1-8H3. The molecule has 16 aromatic rings. The first-order valence-electron chi connectivity index (χ1n) is 46.0. The van der Waals surface area contributed by atoms with Gasteiger partial charge in [0.15, 0.2) is 39.3 Å². The molecule has 0 saturated heterocycles. The highest BCUT2D eigenvalue weighted by molar-refractivity contribution is 7.94. The third-order valence-corrected chi connectivity index (χ3v) is 40.1. The minimum absolute atomic E-state index is 0.00348. The third kappa shape index (κ3) is 23.9. The fourth-order valence-electron chi connectivity index (χ4n) is 15.8. The van der Waals surface area contributed by atoms with E-state index in [0.29, 0.717) is 41.2 Å². The molecule has 16 aromatic carbocycles. The molecule has 0 aliphatic rings. The molecular weight excluding hydrogens is 2050 g/mol. The summed E-state index contributed by atoms with van der Waals surface area (Å²) < 4.78 is 308. The normalized spacial score (nSPS) is 12.2. The van der Waals surface area contributed by atoms with Crippen LogP contribution in [0.5, 0.6) is 80.5 Å². The van der Waals surface area contributed by atoms with Gasteiger partial charge in [0.25, 0.3) is 0 Å². The Kier molecular flexibility index (Phi) is 31.0. The summed E-state index contributed by atoms with van der Waals surface area (Å²) in [4.78, 5) is -6.88. The van der Waals surface area contributed by atoms with E-state index in [4.69, 9.17) is 37.9 Å². The molecule has 0 aliphatic carbocycles. The lowest BCUT2D eigenvalue weighted by Crippen LogP contribution is -2.12. The van der Waals surface area contributed by atoms with Crippen LogP contribution in [0.1, 0.15) is 83.3 Å². The zero-order valence-electron chi connectivity index (χ0n) is 80.4. The summed E-state index contributed by atoms with van der Waals surface area (Å²) in [6.07, 6.45) is 1.81. The molecule has 0 aromatic heterocycles. The molecule has 16 rings (SSSR count). The highest BCUT2D eigenvalue weighted by Crippen LogP contribution is 2.46. The van der Waals surface area contributed by atoms with E-state index in [1.807, 2.05) is 62.4 Å². The van der Waals surface area contributed by atoms with Crippen LogP contribution in [-0.2, 0) is 114 Å². The van der Waals surface area contributed by atoms with E-state index in [0.717, 1.165) is 130 Å². The van der Waals surface area contributed by atoms with Gasteiger partial charge in [-0.3, -0.25) is 0 Å². The first-order valence-corrected chi connectivity index (χ1v) is 60.0. The van der Waals surface area contributed by atoms with Gasteiger partial charge < -0.3 is 37.9 Å². The molecule has 147 heavy (non-hydrogen) atoms. The monoisotopic (exact) mass is 2150 g/mol. The largest absolute Gasteiger partial charge is 0.497 e. The zero-order valence-corrected chi connectivity index (χ0v) is 87.8. The summed E-state index contributed by atoms with van der Waals surface area (Å²) >= 11 is 0. The Morgan fingerprint density at radius 2 is 0.340 bits per heavy atom. The van der Waals surface area contributed by atoms with Crippen molar-refractivity contribution in [2.75, 3.05) is 37.2 Å². The highest BCUT2D eigenvalue weighted by atomic mass is 32.2. The van der Waals surface area contributed by atoms with Crippen LogP contribution in [0.4, 0.5) is 0 Å². The van der Waals surface area contributed by atoms with Gasteiger partial charge in [0.2, 0.25) is 49.2 Å². The maximum Gasteiger partial charge on any atom is 0.214 e. The molecule has 35 heteroatoms. The van der Waals surface area contributed by atoms with Crippen molar-refractivity contribution in [3.63, 3.8) is 0 Å². The van der Waals surface area contributed by atoms with E-state index in [9.17, 15) is 50.5 Å². The van der Waals surface area contributed by atoms with Crippen LogP contribution in [0.2, 0.25) is 0 Å². The summed E-state index contributed by atoms with van der Waals surface area (Å²) in [5, 5.41) is 0. The molecule has 0 radical (unpaired) electrons. The number of hydrogen-bond acceptors (Lipinski definition) is 26. The van der Waals surface area contributed by atoms with Crippen LogP contribution in [-0.4, -0.2) is 113 Å². The molecule has 0 fully saturated rings. The molecule has 0 bridgehead atoms. The number of sulfone groups is 9.